The number of rotatable bonds is 5. The first-order valence-corrected chi connectivity index (χ1v) is 7.81. The van der Waals surface area contributed by atoms with Crippen molar-refractivity contribution in [2.24, 2.45) is 11.8 Å². The first-order valence-electron chi connectivity index (χ1n) is 7.81. The fourth-order valence-corrected chi connectivity index (χ4v) is 3.43. The molecule has 1 fully saturated rings. The third-order valence-corrected chi connectivity index (χ3v) is 4.28. The molecule has 1 heterocycles. The summed E-state index contributed by atoms with van der Waals surface area (Å²) >= 11 is 0. The van der Waals surface area contributed by atoms with Crippen LogP contribution in [-0.4, -0.2) is 11.0 Å². The number of hydrogen-bond acceptors (Lipinski definition) is 2. The minimum atomic E-state index is 0.436. The Morgan fingerprint density at radius 3 is 2.63 bits per heavy atom. The number of aromatic nitrogens is 1. The Balaban J connectivity index is 1.85. The van der Waals surface area contributed by atoms with E-state index in [-0.39, 0.29) is 0 Å². The van der Waals surface area contributed by atoms with Gasteiger partial charge in [0.15, 0.2) is 0 Å². The number of pyridine rings is 1. The molecule has 106 valence electrons. The second kappa shape index (κ2) is 7.04. The second-order valence-corrected chi connectivity index (χ2v) is 6.53. The molecule has 1 saturated carbocycles. The maximum Gasteiger partial charge on any atom is 0.0295 e. The molecule has 2 heteroatoms. The Kier molecular flexibility index (Phi) is 5.38. The van der Waals surface area contributed by atoms with Gasteiger partial charge in [-0.15, -0.1) is 0 Å². The fraction of sp³-hybridized carbons (Fsp3) is 0.706. The zero-order valence-corrected chi connectivity index (χ0v) is 12.6. The molecule has 2 nitrogen and oxygen atoms in total. The minimum Gasteiger partial charge on any atom is -0.307 e. The van der Waals surface area contributed by atoms with Crippen LogP contribution in [0.2, 0.25) is 0 Å². The molecule has 1 aliphatic rings. The third-order valence-electron chi connectivity index (χ3n) is 4.28. The van der Waals surface area contributed by atoms with Crippen molar-refractivity contribution in [2.75, 3.05) is 0 Å². The van der Waals surface area contributed by atoms with Gasteiger partial charge in [0, 0.05) is 24.5 Å². The van der Waals surface area contributed by atoms with Gasteiger partial charge < -0.3 is 5.32 Å². The summed E-state index contributed by atoms with van der Waals surface area (Å²) in [5, 5.41) is 3.81. The lowest BCUT2D eigenvalue weighted by Crippen LogP contribution is -2.36. The molecule has 0 spiro atoms. The molecule has 3 atom stereocenters. The first-order chi connectivity index (χ1) is 9.15. The Labute approximate surface area is 118 Å². The van der Waals surface area contributed by atoms with E-state index in [4.69, 9.17) is 0 Å². The largest absolute Gasteiger partial charge is 0.307 e. The molecule has 0 bridgehead atoms. The number of nitrogens with zero attached hydrogens (tertiary/aromatic N) is 1. The summed E-state index contributed by atoms with van der Waals surface area (Å²) in [6, 6.07) is 5.37. The Bertz CT molecular complexity index is 361. The van der Waals surface area contributed by atoms with Crippen LogP contribution in [0, 0.1) is 11.8 Å². The highest BCUT2D eigenvalue weighted by atomic mass is 14.9. The topological polar surface area (TPSA) is 24.9 Å². The lowest BCUT2D eigenvalue weighted by Gasteiger charge is -2.32. The number of nitrogens with one attached hydrogen (secondary N) is 1. The number of hydrogen-bond donors (Lipinski definition) is 1. The maximum atomic E-state index is 4.09. The quantitative estimate of drug-likeness (QED) is 0.852. The normalized spacial score (nSPS) is 25.5. The highest BCUT2D eigenvalue weighted by Gasteiger charge is 2.23. The minimum absolute atomic E-state index is 0.436. The summed E-state index contributed by atoms with van der Waals surface area (Å²) < 4.78 is 0. The summed E-state index contributed by atoms with van der Waals surface area (Å²) in [4.78, 5) is 4.09. The van der Waals surface area contributed by atoms with Crippen LogP contribution in [0.25, 0.3) is 0 Å². The zero-order valence-electron chi connectivity index (χ0n) is 12.6. The van der Waals surface area contributed by atoms with E-state index in [1.807, 2.05) is 12.4 Å². The lowest BCUT2D eigenvalue weighted by molar-refractivity contribution is 0.242. The Hall–Kier alpha value is -0.890. The molecule has 1 aliphatic carbocycles. The van der Waals surface area contributed by atoms with E-state index in [2.05, 4.69) is 43.2 Å². The predicted octanol–water partition coefficient (Wildman–Crippen LogP) is 4.34. The van der Waals surface area contributed by atoms with Crippen molar-refractivity contribution in [1.29, 1.82) is 0 Å². The van der Waals surface area contributed by atoms with Crippen LogP contribution in [0.1, 0.15) is 64.5 Å². The molecular formula is C17H28N2. The standard InChI is InChI=1S/C17H28N2/c1-13(2)11-15-5-4-6-17(12-15)19-14(3)16-7-9-18-10-8-16/h7-10,13-15,17,19H,4-6,11-12H2,1-3H3/t14-,15?,17?/m1/s1. The van der Waals surface area contributed by atoms with Gasteiger partial charge in [-0.25, -0.2) is 0 Å². The monoisotopic (exact) mass is 260 g/mol. The molecule has 2 unspecified atom stereocenters. The third kappa shape index (κ3) is 4.61. The van der Waals surface area contributed by atoms with Gasteiger partial charge >= 0.3 is 0 Å². The summed E-state index contributed by atoms with van der Waals surface area (Å²) in [6.45, 7) is 6.95. The van der Waals surface area contributed by atoms with E-state index in [1.165, 1.54) is 37.7 Å². The first kappa shape index (κ1) is 14.5. The van der Waals surface area contributed by atoms with Gasteiger partial charge in [0.2, 0.25) is 0 Å². The molecule has 0 amide bonds. The average molecular weight is 260 g/mol. The van der Waals surface area contributed by atoms with Crippen molar-refractivity contribution in [3.05, 3.63) is 30.1 Å². The Morgan fingerprint density at radius 2 is 1.95 bits per heavy atom. The molecule has 2 rings (SSSR count). The van der Waals surface area contributed by atoms with E-state index in [0.717, 1.165) is 11.8 Å². The molecule has 0 saturated heterocycles. The molecular weight excluding hydrogens is 232 g/mol. The second-order valence-electron chi connectivity index (χ2n) is 6.53. The fourth-order valence-electron chi connectivity index (χ4n) is 3.43. The van der Waals surface area contributed by atoms with Gasteiger partial charge in [0.1, 0.15) is 0 Å². The summed E-state index contributed by atoms with van der Waals surface area (Å²) in [7, 11) is 0. The molecule has 1 aromatic heterocycles. The summed E-state index contributed by atoms with van der Waals surface area (Å²) in [5.74, 6) is 1.76. The van der Waals surface area contributed by atoms with Crippen molar-refractivity contribution < 1.29 is 0 Å². The van der Waals surface area contributed by atoms with Crippen molar-refractivity contribution in [3.63, 3.8) is 0 Å². The van der Waals surface area contributed by atoms with Gasteiger partial charge in [-0.3, -0.25) is 4.98 Å². The highest BCUT2D eigenvalue weighted by Crippen LogP contribution is 2.30. The van der Waals surface area contributed by atoms with Crippen LogP contribution in [0.5, 0.6) is 0 Å². The van der Waals surface area contributed by atoms with E-state index >= 15 is 0 Å². The van der Waals surface area contributed by atoms with Gasteiger partial charge in [-0.05, 0) is 55.7 Å². The van der Waals surface area contributed by atoms with Crippen LogP contribution < -0.4 is 5.32 Å². The van der Waals surface area contributed by atoms with E-state index in [9.17, 15) is 0 Å². The summed E-state index contributed by atoms with van der Waals surface area (Å²) in [6.07, 6.45) is 10.7. The zero-order chi connectivity index (χ0) is 13.7. The predicted molar refractivity (Wildman–Crippen MR) is 81.0 cm³/mol. The van der Waals surface area contributed by atoms with Crippen molar-refractivity contribution in [3.8, 4) is 0 Å². The van der Waals surface area contributed by atoms with Crippen molar-refractivity contribution in [1.82, 2.24) is 10.3 Å². The van der Waals surface area contributed by atoms with Gasteiger partial charge in [-0.2, -0.15) is 0 Å². The SMILES string of the molecule is CC(C)CC1CCCC(N[C@H](C)c2ccncc2)C1. The van der Waals surface area contributed by atoms with Crippen molar-refractivity contribution >= 4 is 0 Å². The van der Waals surface area contributed by atoms with Crippen LogP contribution in [-0.2, 0) is 0 Å². The molecule has 0 aliphatic heterocycles. The van der Waals surface area contributed by atoms with E-state index in [1.54, 1.807) is 0 Å². The maximum absolute atomic E-state index is 4.09. The molecule has 0 aromatic carbocycles. The van der Waals surface area contributed by atoms with E-state index < -0.39 is 0 Å². The highest BCUT2D eigenvalue weighted by molar-refractivity contribution is 5.14. The van der Waals surface area contributed by atoms with Crippen LogP contribution in [0.4, 0.5) is 0 Å². The molecule has 1 N–H and O–H groups in total. The van der Waals surface area contributed by atoms with Crippen LogP contribution in [0.3, 0.4) is 0 Å². The lowest BCUT2D eigenvalue weighted by atomic mass is 9.81. The summed E-state index contributed by atoms with van der Waals surface area (Å²) in [5.41, 5.74) is 1.35. The van der Waals surface area contributed by atoms with Gasteiger partial charge in [-0.1, -0.05) is 26.7 Å². The van der Waals surface area contributed by atoms with Gasteiger partial charge in [0.05, 0.1) is 0 Å². The smallest absolute Gasteiger partial charge is 0.0295 e. The van der Waals surface area contributed by atoms with Crippen LogP contribution in [0.15, 0.2) is 24.5 Å². The average Bonchev–Trinajstić information content (AvgIpc) is 2.39. The molecule has 0 radical (unpaired) electrons. The Morgan fingerprint density at radius 1 is 1.21 bits per heavy atom. The molecule has 1 aromatic rings. The van der Waals surface area contributed by atoms with Crippen molar-refractivity contribution in [2.45, 2.75) is 65.0 Å². The molecule has 19 heavy (non-hydrogen) atoms. The van der Waals surface area contributed by atoms with E-state index in [0.29, 0.717) is 12.1 Å². The van der Waals surface area contributed by atoms with Gasteiger partial charge in [0.25, 0.3) is 0 Å². The van der Waals surface area contributed by atoms with Crippen LogP contribution >= 0.6 is 0 Å².